The number of carbonyl (C=O) groups excluding carboxylic acids is 1. The quantitative estimate of drug-likeness (QED) is 0.589. The molecule has 1 saturated heterocycles. The summed E-state index contributed by atoms with van der Waals surface area (Å²) in [5, 5.41) is 0. The molecule has 0 atom stereocenters. The van der Waals surface area contributed by atoms with Gasteiger partial charge in [0.1, 0.15) is 0 Å². The van der Waals surface area contributed by atoms with Crippen molar-refractivity contribution in [1.29, 1.82) is 0 Å². The zero-order valence-electron chi connectivity index (χ0n) is 18.9. The van der Waals surface area contributed by atoms with Crippen molar-refractivity contribution in [2.24, 2.45) is 0 Å². The number of hydrogen-bond donors (Lipinski definition) is 0. The zero-order valence-corrected chi connectivity index (χ0v) is 18.9. The smallest absolute Gasteiger partial charge is 0.246 e. The van der Waals surface area contributed by atoms with Crippen LogP contribution in [0.25, 0.3) is 6.08 Å². The number of carbonyl (C=O) groups is 1. The number of piperidine rings is 1. The second kappa shape index (κ2) is 10.8. The standard InChI is InChI=1S/C25H32N2O4/c1-26(18-19-8-11-21(12-9-19)27-14-6-5-7-15-27)24(28)13-10-20-16-22(29-2)25(31-4)23(17-20)30-3/h8-13,16-17H,5-7,14-15,18H2,1-4H3/b13-10+. The van der Waals surface area contributed by atoms with Gasteiger partial charge in [-0.05, 0) is 60.7 Å². The molecule has 166 valence electrons. The maximum absolute atomic E-state index is 12.6. The molecule has 1 fully saturated rings. The Labute approximate surface area is 185 Å². The number of rotatable bonds is 8. The summed E-state index contributed by atoms with van der Waals surface area (Å²) in [5.41, 5.74) is 3.17. The predicted molar refractivity (Wildman–Crippen MR) is 124 cm³/mol. The second-order valence-corrected chi connectivity index (χ2v) is 7.70. The fourth-order valence-electron chi connectivity index (χ4n) is 3.81. The minimum Gasteiger partial charge on any atom is -0.493 e. The number of ether oxygens (including phenoxy) is 3. The topological polar surface area (TPSA) is 51.2 Å². The Morgan fingerprint density at radius 1 is 0.968 bits per heavy atom. The van der Waals surface area contributed by atoms with Crippen LogP contribution in [-0.2, 0) is 11.3 Å². The highest BCUT2D eigenvalue weighted by Crippen LogP contribution is 2.38. The first-order valence-electron chi connectivity index (χ1n) is 10.6. The Bertz CT molecular complexity index is 877. The van der Waals surface area contributed by atoms with Crippen LogP contribution in [0.15, 0.2) is 42.5 Å². The fraction of sp³-hybridized carbons (Fsp3) is 0.400. The summed E-state index contributed by atoms with van der Waals surface area (Å²) in [7, 11) is 6.51. The molecule has 31 heavy (non-hydrogen) atoms. The van der Waals surface area contributed by atoms with Crippen LogP contribution in [0.2, 0.25) is 0 Å². The summed E-state index contributed by atoms with van der Waals surface area (Å²) in [5.74, 6) is 1.56. The number of nitrogens with zero attached hydrogens (tertiary/aromatic N) is 2. The number of amides is 1. The number of likely N-dealkylation sites (N-methyl/N-ethyl adjacent to an activating group) is 1. The molecule has 0 unspecified atom stereocenters. The number of hydrogen-bond acceptors (Lipinski definition) is 5. The van der Waals surface area contributed by atoms with Gasteiger partial charge in [0.05, 0.1) is 21.3 Å². The summed E-state index contributed by atoms with van der Waals surface area (Å²) < 4.78 is 16.1. The van der Waals surface area contributed by atoms with Crippen molar-refractivity contribution >= 4 is 17.7 Å². The lowest BCUT2D eigenvalue weighted by atomic mass is 10.1. The Balaban J connectivity index is 1.63. The van der Waals surface area contributed by atoms with Crippen LogP contribution in [-0.4, -0.2) is 52.3 Å². The van der Waals surface area contributed by atoms with Crippen LogP contribution in [0.5, 0.6) is 17.2 Å². The van der Waals surface area contributed by atoms with Gasteiger partial charge in [0.2, 0.25) is 11.7 Å². The third kappa shape index (κ3) is 5.72. The molecule has 0 N–H and O–H groups in total. The molecule has 1 heterocycles. The van der Waals surface area contributed by atoms with E-state index < -0.39 is 0 Å². The van der Waals surface area contributed by atoms with Gasteiger partial charge in [-0.3, -0.25) is 4.79 Å². The van der Waals surface area contributed by atoms with Gasteiger partial charge in [-0.15, -0.1) is 0 Å². The zero-order chi connectivity index (χ0) is 22.2. The molecule has 3 rings (SSSR count). The maximum Gasteiger partial charge on any atom is 0.246 e. The van der Waals surface area contributed by atoms with Gasteiger partial charge in [-0.1, -0.05) is 12.1 Å². The average molecular weight is 425 g/mol. The van der Waals surface area contributed by atoms with E-state index in [9.17, 15) is 4.79 Å². The van der Waals surface area contributed by atoms with Crippen LogP contribution in [0.1, 0.15) is 30.4 Å². The first-order valence-corrected chi connectivity index (χ1v) is 10.6. The SMILES string of the molecule is COc1cc(/C=C/C(=O)N(C)Cc2ccc(N3CCCCC3)cc2)cc(OC)c1OC. The molecular formula is C25H32N2O4. The highest BCUT2D eigenvalue weighted by atomic mass is 16.5. The number of anilines is 1. The number of benzene rings is 2. The van der Waals surface area contributed by atoms with Crippen LogP contribution in [0.4, 0.5) is 5.69 Å². The molecule has 0 bridgehead atoms. The van der Waals surface area contributed by atoms with Crippen molar-refractivity contribution < 1.29 is 19.0 Å². The van der Waals surface area contributed by atoms with E-state index in [0.29, 0.717) is 23.8 Å². The minimum absolute atomic E-state index is 0.0751. The van der Waals surface area contributed by atoms with Gasteiger partial charge >= 0.3 is 0 Å². The molecule has 0 saturated carbocycles. The molecular weight excluding hydrogens is 392 g/mol. The third-order valence-electron chi connectivity index (χ3n) is 5.56. The molecule has 2 aromatic rings. The Hall–Kier alpha value is -3.15. The van der Waals surface area contributed by atoms with E-state index in [0.717, 1.165) is 24.2 Å². The largest absolute Gasteiger partial charge is 0.493 e. The molecule has 1 aliphatic rings. The molecule has 0 aromatic heterocycles. The summed E-state index contributed by atoms with van der Waals surface area (Å²) in [6, 6.07) is 12.2. The van der Waals surface area contributed by atoms with Gasteiger partial charge in [0.15, 0.2) is 11.5 Å². The van der Waals surface area contributed by atoms with Crippen molar-refractivity contribution in [2.45, 2.75) is 25.8 Å². The summed E-state index contributed by atoms with van der Waals surface area (Å²) in [4.78, 5) is 16.7. The predicted octanol–water partition coefficient (Wildman–Crippen LogP) is 4.37. The third-order valence-corrected chi connectivity index (χ3v) is 5.56. The molecule has 6 heteroatoms. The second-order valence-electron chi connectivity index (χ2n) is 7.70. The van der Waals surface area contributed by atoms with E-state index in [-0.39, 0.29) is 5.91 Å². The molecule has 2 aromatic carbocycles. The maximum atomic E-state index is 12.6. The first kappa shape index (κ1) is 22.5. The fourth-order valence-corrected chi connectivity index (χ4v) is 3.81. The lowest BCUT2D eigenvalue weighted by molar-refractivity contribution is -0.125. The first-order chi connectivity index (χ1) is 15.0. The normalized spacial score (nSPS) is 13.9. The molecule has 6 nitrogen and oxygen atoms in total. The summed E-state index contributed by atoms with van der Waals surface area (Å²) >= 11 is 0. The lowest BCUT2D eigenvalue weighted by Crippen LogP contribution is -2.29. The van der Waals surface area contributed by atoms with Gasteiger partial charge in [-0.25, -0.2) is 0 Å². The Morgan fingerprint density at radius 2 is 1.58 bits per heavy atom. The van der Waals surface area contributed by atoms with Gasteiger partial charge < -0.3 is 24.0 Å². The van der Waals surface area contributed by atoms with Crippen molar-refractivity contribution in [2.75, 3.05) is 46.4 Å². The number of methoxy groups -OCH3 is 3. The Morgan fingerprint density at radius 3 is 2.13 bits per heavy atom. The molecule has 0 aliphatic carbocycles. The van der Waals surface area contributed by atoms with Gasteiger partial charge in [0.25, 0.3) is 0 Å². The summed E-state index contributed by atoms with van der Waals surface area (Å²) in [6.45, 7) is 2.81. The van der Waals surface area contributed by atoms with Crippen molar-refractivity contribution in [1.82, 2.24) is 4.90 Å². The Kier molecular flexibility index (Phi) is 7.82. The monoisotopic (exact) mass is 424 g/mol. The lowest BCUT2D eigenvalue weighted by Gasteiger charge is -2.29. The van der Waals surface area contributed by atoms with Gasteiger partial charge in [-0.2, -0.15) is 0 Å². The van der Waals surface area contributed by atoms with Crippen molar-refractivity contribution in [3.05, 3.63) is 53.6 Å². The van der Waals surface area contributed by atoms with E-state index in [1.807, 2.05) is 12.1 Å². The van der Waals surface area contributed by atoms with E-state index in [2.05, 4.69) is 29.2 Å². The van der Waals surface area contributed by atoms with Crippen molar-refractivity contribution in [3.63, 3.8) is 0 Å². The van der Waals surface area contributed by atoms with Crippen LogP contribution < -0.4 is 19.1 Å². The molecule has 1 aliphatic heterocycles. The van der Waals surface area contributed by atoms with E-state index in [4.69, 9.17) is 14.2 Å². The van der Waals surface area contributed by atoms with Crippen molar-refractivity contribution in [3.8, 4) is 17.2 Å². The van der Waals surface area contributed by atoms with Gasteiger partial charge in [0, 0.05) is 38.4 Å². The van der Waals surface area contributed by atoms with Crippen LogP contribution in [0.3, 0.4) is 0 Å². The highest BCUT2D eigenvalue weighted by Gasteiger charge is 2.13. The van der Waals surface area contributed by atoms with Crippen LogP contribution in [0, 0.1) is 0 Å². The highest BCUT2D eigenvalue weighted by molar-refractivity contribution is 5.91. The minimum atomic E-state index is -0.0751. The van der Waals surface area contributed by atoms with E-state index in [1.165, 1.54) is 24.9 Å². The van der Waals surface area contributed by atoms with E-state index in [1.54, 1.807) is 45.4 Å². The average Bonchev–Trinajstić information content (AvgIpc) is 2.82. The van der Waals surface area contributed by atoms with Crippen LogP contribution >= 0.6 is 0 Å². The molecule has 0 spiro atoms. The molecule has 1 amide bonds. The van der Waals surface area contributed by atoms with E-state index >= 15 is 0 Å². The summed E-state index contributed by atoms with van der Waals surface area (Å²) in [6.07, 6.45) is 7.16. The molecule has 0 radical (unpaired) electrons.